The standard InChI is InChI=1S/C23H31N3OS/c1-2-3-4-5-6-10-15-26-16-17-28-23(26)21-18-20(13-14-22(21)27)25-24-19-11-8-7-9-12-19/h7-9,11-14,18,23,27H,2-6,10,15-17H2,1H3. The van der Waals surface area contributed by atoms with Crippen molar-refractivity contribution in [2.75, 3.05) is 18.8 Å². The van der Waals surface area contributed by atoms with Crippen LogP contribution in [0.5, 0.6) is 5.75 Å². The topological polar surface area (TPSA) is 48.2 Å². The van der Waals surface area contributed by atoms with Gasteiger partial charge in [-0.15, -0.1) is 11.8 Å². The number of aromatic hydroxyl groups is 1. The Balaban J connectivity index is 1.62. The maximum Gasteiger partial charge on any atom is 0.121 e. The van der Waals surface area contributed by atoms with Crippen molar-refractivity contribution in [3.63, 3.8) is 0 Å². The molecule has 1 unspecified atom stereocenters. The van der Waals surface area contributed by atoms with E-state index in [4.69, 9.17) is 0 Å². The summed E-state index contributed by atoms with van der Waals surface area (Å²) in [5, 5.41) is 19.3. The Morgan fingerprint density at radius 1 is 0.964 bits per heavy atom. The van der Waals surface area contributed by atoms with Gasteiger partial charge in [0.25, 0.3) is 0 Å². The average Bonchev–Trinajstić information content (AvgIpc) is 3.19. The molecule has 2 aromatic carbocycles. The number of nitrogens with zero attached hydrogens (tertiary/aromatic N) is 3. The highest BCUT2D eigenvalue weighted by Gasteiger charge is 2.28. The Kier molecular flexibility index (Phi) is 8.37. The summed E-state index contributed by atoms with van der Waals surface area (Å²) >= 11 is 1.91. The van der Waals surface area contributed by atoms with E-state index in [1.54, 1.807) is 6.07 Å². The van der Waals surface area contributed by atoms with Gasteiger partial charge < -0.3 is 5.11 Å². The second-order valence-corrected chi connectivity index (χ2v) is 8.49. The molecular formula is C23H31N3OS. The molecule has 4 nitrogen and oxygen atoms in total. The van der Waals surface area contributed by atoms with Gasteiger partial charge in [0.2, 0.25) is 0 Å². The molecule has 3 rings (SSSR count). The van der Waals surface area contributed by atoms with Crippen LogP contribution >= 0.6 is 11.8 Å². The van der Waals surface area contributed by atoms with Crippen molar-refractivity contribution < 1.29 is 5.11 Å². The number of rotatable bonds is 10. The first-order chi connectivity index (χ1) is 13.8. The van der Waals surface area contributed by atoms with Crippen LogP contribution in [0.4, 0.5) is 11.4 Å². The zero-order valence-corrected chi connectivity index (χ0v) is 17.6. The molecule has 5 heteroatoms. The van der Waals surface area contributed by atoms with Crippen molar-refractivity contribution in [2.45, 2.75) is 50.8 Å². The molecule has 1 N–H and O–H groups in total. The normalized spacial score (nSPS) is 17.5. The Morgan fingerprint density at radius 3 is 2.54 bits per heavy atom. The summed E-state index contributed by atoms with van der Waals surface area (Å²) in [5.41, 5.74) is 2.57. The zero-order chi connectivity index (χ0) is 19.6. The Hall–Kier alpha value is -1.85. The van der Waals surface area contributed by atoms with Gasteiger partial charge >= 0.3 is 0 Å². The van der Waals surface area contributed by atoms with E-state index >= 15 is 0 Å². The van der Waals surface area contributed by atoms with Gasteiger partial charge in [0.1, 0.15) is 5.75 Å². The number of azo groups is 1. The molecule has 150 valence electrons. The van der Waals surface area contributed by atoms with Crippen LogP contribution in [0.1, 0.15) is 56.4 Å². The molecule has 1 heterocycles. The summed E-state index contributed by atoms with van der Waals surface area (Å²) in [7, 11) is 0. The highest BCUT2D eigenvalue weighted by Crippen LogP contribution is 2.43. The third kappa shape index (κ3) is 6.08. The van der Waals surface area contributed by atoms with Crippen molar-refractivity contribution >= 4 is 23.1 Å². The van der Waals surface area contributed by atoms with Gasteiger partial charge in [0.15, 0.2) is 0 Å². The van der Waals surface area contributed by atoms with Gasteiger partial charge in [-0.25, -0.2) is 0 Å². The van der Waals surface area contributed by atoms with E-state index in [-0.39, 0.29) is 5.37 Å². The SMILES string of the molecule is CCCCCCCCN1CCSC1c1cc(N=Nc2ccccc2)ccc1O. The second kappa shape index (κ2) is 11.2. The highest BCUT2D eigenvalue weighted by molar-refractivity contribution is 7.99. The van der Waals surface area contributed by atoms with Gasteiger partial charge in [-0.3, -0.25) is 4.90 Å². The summed E-state index contributed by atoms with van der Waals surface area (Å²) in [5.74, 6) is 1.46. The molecule has 1 saturated heterocycles. The van der Waals surface area contributed by atoms with Gasteiger partial charge in [0.05, 0.1) is 16.7 Å². The third-order valence-electron chi connectivity index (χ3n) is 5.10. The molecule has 1 aliphatic heterocycles. The number of phenols is 1. The number of hydrogen-bond donors (Lipinski definition) is 1. The van der Waals surface area contributed by atoms with Crippen molar-refractivity contribution in [3.8, 4) is 5.75 Å². The second-order valence-electron chi connectivity index (χ2n) is 7.31. The quantitative estimate of drug-likeness (QED) is 0.340. The molecule has 28 heavy (non-hydrogen) atoms. The summed E-state index contributed by atoms with van der Waals surface area (Å²) < 4.78 is 0. The summed E-state index contributed by atoms with van der Waals surface area (Å²) in [6.45, 7) is 4.44. The van der Waals surface area contributed by atoms with Crippen LogP contribution in [0, 0.1) is 0 Å². The molecule has 1 fully saturated rings. The first kappa shape index (κ1) is 20.9. The molecule has 0 aromatic heterocycles. The fourth-order valence-corrected chi connectivity index (χ4v) is 4.88. The van der Waals surface area contributed by atoms with E-state index < -0.39 is 0 Å². The van der Waals surface area contributed by atoms with Crippen LogP contribution in [0.3, 0.4) is 0 Å². The monoisotopic (exact) mass is 397 g/mol. The lowest BCUT2D eigenvalue weighted by Gasteiger charge is -2.24. The van der Waals surface area contributed by atoms with E-state index in [1.165, 1.54) is 38.5 Å². The van der Waals surface area contributed by atoms with Gasteiger partial charge in [-0.05, 0) is 43.3 Å². The maximum absolute atomic E-state index is 10.5. The van der Waals surface area contributed by atoms with E-state index in [2.05, 4.69) is 22.1 Å². The average molecular weight is 398 g/mol. The van der Waals surface area contributed by atoms with Crippen molar-refractivity contribution in [2.24, 2.45) is 10.2 Å². The fourth-order valence-electron chi connectivity index (χ4n) is 3.53. The number of benzene rings is 2. The smallest absolute Gasteiger partial charge is 0.121 e. The Morgan fingerprint density at radius 2 is 1.71 bits per heavy atom. The lowest BCUT2D eigenvalue weighted by atomic mass is 10.1. The third-order valence-corrected chi connectivity index (χ3v) is 6.39. The first-order valence-electron chi connectivity index (χ1n) is 10.4. The molecular weight excluding hydrogens is 366 g/mol. The van der Waals surface area contributed by atoms with Crippen molar-refractivity contribution in [3.05, 3.63) is 54.1 Å². The van der Waals surface area contributed by atoms with Gasteiger partial charge in [0, 0.05) is 17.9 Å². The molecule has 0 aliphatic carbocycles. The number of thioether (sulfide) groups is 1. The lowest BCUT2D eigenvalue weighted by molar-refractivity contribution is 0.278. The molecule has 0 amide bonds. The summed E-state index contributed by atoms with van der Waals surface area (Å²) in [6, 6.07) is 15.3. The molecule has 0 bridgehead atoms. The highest BCUT2D eigenvalue weighted by atomic mass is 32.2. The van der Waals surface area contributed by atoms with Crippen LogP contribution < -0.4 is 0 Å². The zero-order valence-electron chi connectivity index (χ0n) is 16.8. The van der Waals surface area contributed by atoms with E-state index in [9.17, 15) is 5.11 Å². The maximum atomic E-state index is 10.5. The minimum Gasteiger partial charge on any atom is -0.508 e. The minimum atomic E-state index is 0.211. The first-order valence-corrected chi connectivity index (χ1v) is 11.5. The number of unbranched alkanes of at least 4 members (excludes halogenated alkanes) is 5. The molecule has 1 atom stereocenters. The van der Waals surface area contributed by atoms with Crippen LogP contribution in [0.15, 0.2) is 58.8 Å². The van der Waals surface area contributed by atoms with Crippen LogP contribution in [0.25, 0.3) is 0 Å². The predicted octanol–water partition coefficient (Wildman–Crippen LogP) is 7.22. The molecule has 0 saturated carbocycles. The summed E-state index contributed by atoms with van der Waals surface area (Å²) in [6.07, 6.45) is 7.85. The van der Waals surface area contributed by atoms with E-state index in [0.29, 0.717) is 5.75 Å². The van der Waals surface area contributed by atoms with Gasteiger partial charge in [-0.2, -0.15) is 10.2 Å². The predicted molar refractivity (Wildman–Crippen MR) is 119 cm³/mol. The van der Waals surface area contributed by atoms with E-state index in [1.807, 2.05) is 54.2 Å². The largest absolute Gasteiger partial charge is 0.508 e. The fraction of sp³-hybridized carbons (Fsp3) is 0.478. The van der Waals surface area contributed by atoms with Crippen molar-refractivity contribution in [1.82, 2.24) is 4.90 Å². The number of hydrogen-bond acceptors (Lipinski definition) is 5. The van der Waals surface area contributed by atoms with E-state index in [0.717, 1.165) is 35.8 Å². The number of phenolic OH excluding ortho intramolecular Hbond substituents is 1. The van der Waals surface area contributed by atoms with Crippen LogP contribution in [-0.2, 0) is 0 Å². The minimum absolute atomic E-state index is 0.211. The van der Waals surface area contributed by atoms with Gasteiger partial charge in [-0.1, -0.05) is 57.2 Å². The lowest BCUT2D eigenvalue weighted by Crippen LogP contribution is -2.24. The Labute approximate surface area is 173 Å². The molecule has 0 spiro atoms. The molecule has 2 aromatic rings. The molecule has 1 aliphatic rings. The molecule has 0 radical (unpaired) electrons. The van der Waals surface area contributed by atoms with Crippen LogP contribution in [0.2, 0.25) is 0 Å². The van der Waals surface area contributed by atoms with Crippen LogP contribution in [-0.4, -0.2) is 28.8 Å². The summed E-state index contributed by atoms with van der Waals surface area (Å²) in [4.78, 5) is 2.50. The van der Waals surface area contributed by atoms with Crippen molar-refractivity contribution in [1.29, 1.82) is 0 Å². The Bertz CT molecular complexity index is 751.